The highest BCUT2D eigenvalue weighted by Crippen LogP contribution is 2.29. The predicted molar refractivity (Wildman–Crippen MR) is 325 cm³/mol. The Morgan fingerprint density at radius 1 is 0.578 bits per heavy atom. The zero-order chi connectivity index (χ0) is 59.2. The summed E-state index contributed by atoms with van der Waals surface area (Å²) in [4.78, 5) is 69.9. The number of hydrogen-bond acceptors (Lipinski definition) is 17. The van der Waals surface area contributed by atoms with E-state index < -0.39 is 5.24 Å². The second kappa shape index (κ2) is 28.0. The summed E-state index contributed by atoms with van der Waals surface area (Å²) in [6.45, 7) is 18.8. The molecule has 83 heavy (non-hydrogen) atoms. The van der Waals surface area contributed by atoms with E-state index in [1.165, 1.54) is 6.08 Å². The summed E-state index contributed by atoms with van der Waals surface area (Å²) in [5.41, 5.74) is 14.0. The summed E-state index contributed by atoms with van der Waals surface area (Å²) < 4.78 is 15.8. The van der Waals surface area contributed by atoms with Gasteiger partial charge in [-0.25, -0.2) is 0 Å². The Labute approximate surface area is 486 Å². The summed E-state index contributed by atoms with van der Waals surface area (Å²) in [5.74, 6) is 0.594. The zero-order valence-electron chi connectivity index (χ0n) is 47.3. The van der Waals surface area contributed by atoms with Crippen molar-refractivity contribution in [1.29, 1.82) is 0 Å². The molecule has 6 heterocycles. The molecule has 0 aliphatic carbocycles. The number of benzene rings is 4. The van der Waals surface area contributed by atoms with Crippen molar-refractivity contribution >= 4 is 91.9 Å². The number of aromatic nitrogens is 8. The highest BCUT2D eigenvalue weighted by molar-refractivity contribution is 6.66. The van der Waals surface area contributed by atoms with Crippen LogP contribution in [0.4, 0.5) is 46.0 Å². The number of allylic oxidation sites excluding steroid dienone is 1. The van der Waals surface area contributed by atoms with Gasteiger partial charge in [-0.05, 0) is 160 Å². The standard InChI is InChI=1S/C30H34N8O3.C27H32N8O2.C3H3ClO/c1-5-26(39)32-21-11-9-20(10-12-21)28(40)33-22-7-6-8-23(17-22)34-29-36-30(41-24-13-15-37(4)16-14-24)35-27-25(19(2)3)18-31-38(27)29;1-17(2)23-16-29-35-24(23)32-27(37-22-11-13-34(3)14-12-22)33-26(35)31-21-6-4-5-20(15-21)30-25(36)18-7-9-19(28)10-8-18;1-2-3(4)5/h5-12,17-19,24H,1,13-16H2,2-4H3,(H,32,39)(H,33,40)(H,34,35,36);4-10,15-17,22H,11-14,28H2,1-3H3,(H,30,36)(H,31,32,33);2H,1H2. The number of likely N-dealkylation sites (tertiary alicyclic amines) is 2. The van der Waals surface area contributed by atoms with Gasteiger partial charge < -0.3 is 51.6 Å². The number of amides is 3. The van der Waals surface area contributed by atoms with Crippen LogP contribution in [0.1, 0.15) is 97.1 Å². The van der Waals surface area contributed by atoms with Crippen molar-refractivity contribution in [3.8, 4) is 12.0 Å². The molecule has 10 rings (SSSR count). The van der Waals surface area contributed by atoms with Gasteiger partial charge in [0.05, 0.1) is 12.4 Å². The molecule has 4 aromatic heterocycles. The van der Waals surface area contributed by atoms with Gasteiger partial charge in [0, 0.05) is 82.6 Å². The van der Waals surface area contributed by atoms with Crippen LogP contribution >= 0.6 is 11.6 Å². The van der Waals surface area contributed by atoms with Crippen molar-refractivity contribution in [2.24, 2.45) is 0 Å². The number of anilines is 8. The molecule has 2 fully saturated rings. The second-order valence-corrected chi connectivity index (χ2v) is 21.0. The minimum absolute atomic E-state index is 0.0535. The van der Waals surface area contributed by atoms with Gasteiger partial charge in [-0.3, -0.25) is 19.2 Å². The molecular weight excluding hydrogens is 1080 g/mol. The van der Waals surface area contributed by atoms with E-state index in [1.807, 2.05) is 54.9 Å². The molecule has 0 spiro atoms. The summed E-state index contributed by atoms with van der Waals surface area (Å²) in [7, 11) is 4.23. The predicted octanol–water partition coefficient (Wildman–Crippen LogP) is 10.1. The maximum Gasteiger partial charge on any atom is 0.322 e. The highest BCUT2D eigenvalue weighted by atomic mass is 35.5. The van der Waals surface area contributed by atoms with Gasteiger partial charge in [-0.15, -0.1) is 0 Å². The van der Waals surface area contributed by atoms with Crippen LogP contribution in [0.25, 0.3) is 11.3 Å². The number of fused-ring (bicyclic) bond motifs is 2. The van der Waals surface area contributed by atoms with Crippen molar-refractivity contribution in [1.82, 2.24) is 49.0 Å². The van der Waals surface area contributed by atoms with E-state index in [4.69, 9.17) is 36.8 Å². The number of nitrogens with one attached hydrogen (secondary N) is 5. The van der Waals surface area contributed by atoms with Crippen LogP contribution in [0, 0.1) is 0 Å². The first-order chi connectivity index (χ1) is 39.9. The molecule has 0 atom stereocenters. The zero-order valence-corrected chi connectivity index (χ0v) is 48.1. The fraction of sp³-hybridized carbons (Fsp3) is 0.300. The number of ether oxygens (including phenoxy) is 2. The molecule has 432 valence electrons. The Morgan fingerprint density at radius 2 is 0.976 bits per heavy atom. The van der Waals surface area contributed by atoms with Crippen molar-refractivity contribution in [2.75, 3.05) is 72.6 Å². The molecule has 2 aliphatic heterocycles. The van der Waals surface area contributed by atoms with Crippen LogP contribution in [0.15, 0.2) is 135 Å². The highest BCUT2D eigenvalue weighted by Gasteiger charge is 2.24. The lowest BCUT2D eigenvalue weighted by Gasteiger charge is -2.28. The third-order valence-corrected chi connectivity index (χ3v) is 13.7. The van der Waals surface area contributed by atoms with E-state index in [0.717, 1.165) is 74.8 Å². The SMILES string of the molecule is C=CC(=O)Cl.C=CC(=O)Nc1ccc(C(=O)Nc2cccc(Nc3nc(OC4CCN(C)CC4)nc4c(C(C)C)cnn34)c2)cc1.CC(C)c1cnn2c(Nc3cccc(NC(=O)c4ccc(N)cc4)c3)nc(OC3CCN(C)CC3)nc12. The lowest BCUT2D eigenvalue weighted by atomic mass is 10.1. The molecule has 2 aliphatic rings. The lowest BCUT2D eigenvalue weighted by Crippen LogP contribution is -2.36. The van der Waals surface area contributed by atoms with Crippen molar-refractivity contribution in [3.63, 3.8) is 0 Å². The van der Waals surface area contributed by atoms with Gasteiger partial charge in [0.15, 0.2) is 11.3 Å². The third kappa shape index (κ3) is 16.5. The first-order valence-corrected chi connectivity index (χ1v) is 27.6. The molecular formula is C60H69ClN16O6. The topological polar surface area (TPSA) is 266 Å². The van der Waals surface area contributed by atoms with E-state index in [-0.39, 0.29) is 41.8 Å². The van der Waals surface area contributed by atoms with Crippen LogP contribution in [0.2, 0.25) is 0 Å². The molecule has 23 heteroatoms. The van der Waals surface area contributed by atoms with Crippen molar-refractivity contribution in [3.05, 3.63) is 157 Å². The van der Waals surface area contributed by atoms with Crippen LogP contribution in [0.3, 0.4) is 0 Å². The Hall–Kier alpha value is -9.25. The molecule has 8 aromatic rings. The van der Waals surface area contributed by atoms with Gasteiger partial charge in [-0.1, -0.05) is 53.0 Å². The summed E-state index contributed by atoms with van der Waals surface area (Å²) in [6, 6.07) is 28.8. The fourth-order valence-electron chi connectivity index (χ4n) is 8.88. The molecule has 0 bridgehead atoms. The molecule has 22 nitrogen and oxygen atoms in total. The molecule has 4 aromatic carbocycles. The number of nitrogens with two attached hydrogens (primary N) is 1. The first-order valence-electron chi connectivity index (χ1n) is 27.2. The Morgan fingerprint density at radius 3 is 1.36 bits per heavy atom. The number of nitrogen functional groups attached to an aromatic ring is 1. The normalized spacial score (nSPS) is 13.9. The first kappa shape index (κ1) is 59.9. The van der Waals surface area contributed by atoms with Crippen molar-refractivity contribution in [2.45, 2.75) is 77.4 Å². The summed E-state index contributed by atoms with van der Waals surface area (Å²) in [5, 5.41) is 23.7. The Kier molecular flexibility index (Phi) is 20.2. The molecule has 7 N–H and O–H groups in total. The number of piperidine rings is 2. The van der Waals surface area contributed by atoms with E-state index in [2.05, 4.69) is 111 Å². The van der Waals surface area contributed by atoms with Crippen LogP contribution in [0.5, 0.6) is 12.0 Å². The smallest absolute Gasteiger partial charge is 0.322 e. The Balaban J connectivity index is 0.000000201. The van der Waals surface area contributed by atoms with E-state index in [0.29, 0.717) is 74.8 Å². The van der Waals surface area contributed by atoms with Crippen LogP contribution in [-0.4, -0.2) is 124 Å². The lowest BCUT2D eigenvalue weighted by molar-refractivity contribution is -0.112. The van der Waals surface area contributed by atoms with Gasteiger partial charge in [0.2, 0.25) is 23.0 Å². The number of hydrogen-bond donors (Lipinski definition) is 6. The second-order valence-electron chi connectivity index (χ2n) is 20.6. The van der Waals surface area contributed by atoms with Gasteiger partial charge in [0.25, 0.3) is 11.8 Å². The van der Waals surface area contributed by atoms with Crippen LogP contribution < -0.4 is 41.8 Å². The molecule has 0 radical (unpaired) electrons. The molecule has 0 saturated carbocycles. The monoisotopic (exact) mass is 1140 g/mol. The summed E-state index contributed by atoms with van der Waals surface area (Å²) in [6.07, 6.45) is 9.68. The number of halogens is 1. The average Bonchev–Trinajstić information content (AvgIpc) is 4.22. The van der Waals surface area contributed by atoms with E-state index >= 15 is 0 Å². The Bertz CT molecular complexity index is 3570. The van der Waals surface area contributed by atoms with Crippen molar-refractivity contribution < 1.29 is 28.7 Å². The summed E-state index contributed by atoms with van der Waals surface area (Å²) >= 11 is 4.71. The fourth-order valence-corrected chi connectivity index (χ4v) is 8.88. The maximum atomic E-state index is 12.9. The van der Waals surface area contributed by atoms with Gasteiger partial charge >= 0.3 is 12.0 Å². The van der Waals surface area contributed by atoms with E-state index in [9.17, 15) is 19.2 Å². The molecule has 2 saturated heterocycles. The number of rotatable bonds is 17. The average molecular weight is 1150 g/mol. The van der Waals surface area contributed by atoms with E-state index in [1.54, 1.807) is 63.6 Å². The number of carbonyl (C=O) groups is 4. The minimum Gasteiger partial charge on any atom is -0.460 e. The minimum atomic E-state index is -0.509. The number of nitrogens with zero attached hydrogens (tertiary/aromatic N) is 10. The maximum absolute atomic E-state index is 12.9. The molecule has 3 amide bonds. The third-order valence-electron chi connectivity index (χ3n) is 13.6. The van der Waals surface area contributed by atoms with Gasteiger partial charge in [-0.2, -0.15) is 39.2 Å². The quantitative estimate of drug-likeness (QED) is 0.0281. The largest absolute Gasteiger partial charge is 0.460 e. The van der Waals surface area contributed by atoms with Crippen LogP contribution in [-0.2, 0) is 9.59 Å². The number of carbonyl (C=O) groups excluding carboxylic acids is 4. The molecule has 0 unspecified atom stereocenters. The van der Waals surface area contributed by atoms with Gasteiger partial charge in [0.1, 0.15) is 12.2 Å².